The number of aromatic nitrogens is 2. The van der Waals surface area contributed by atoms with Crippen molar-refractivity contribution in [2.45, 2.75) is 44.4 Å². The minimum absolute atomic E-state index is 0.0212. The van der Waals surface area contributed by atoms with Gasteiger partial charge in [-0.15, -0.1) is 11.3 Å². The van der Waals surface area contributed by atoms with Gasteiger partial charge in [-0.3, -0.25) is 9.36 Å². The highest BCUT2D eigenvalue weighted by Crippen LogP contribution is 2.35. The zero-order valence-corrected chi connectivity index (χ0v) is 18.0. The van der Waals surface area contributed by atoms with E-state index in [1.54, 1.807) is 23.0 Å². The quantitative estimate of drug-likeness (QED) is 0.491. The maximum absolute atomic E-state index is 12.8. The molecule has 1 aliphatic carbocycles. The van der Waals surface area contributed by atoms with Crippen molar-refractivity contribution < 1.29 is 9.84 Å². The van der Waals surface area contributed by atoms with Crippen LogP contribution >= 0.6 is 23.1 Å². The lowest BCUT2D eigenvalue weighted by Crippen LogP contribution is -2.23. The molecule has 5 nitrogen and oxygen atoms in total. The smallest absolute Gasteiger partial charge is 0.262 e. The van der Waals surface area contributed by atoms with Crippen LogP contribution in [0.4, 0.5) is 0 Å². The summed E-state index contributed by atoms with van der Waals surface area (Å²) in [5.41, 5.74) is 3.49. The van der Waals surface area contributed by atoms with Crippen molar-refractivity contribution in [3.05, 3.63) is 50.1 Å². The number of thiophene rings is 1. The highest BCUT2D eigenvalue weighted by atomic mass is 32.2. The van der Waals surface area contributed by atoms with Gasteiger partial charge in [0, 0.05) is 17.7 Å². The van der Waals surface area contributed by atoms with Gasteiger partial charge in [0.1, 0.15) is 17.2 Å². The number of aryl methyl sites for hydroxylation is 4. The average molecular weight is 417 g/mol. The van der Waals surface area contributed by atoms with Gasteiger partial charge in [0.05, 0.1) is 11.5 Å². The second-order valence-electron chi connectivity index (χ2n) is 7.40. The first kappa shape index (κ1) is 19.5. The molecule has 148 valence electrons. The van der Waals surface area contributed by atoms with E-state index in [1.807, 2.05) is 26.0 Å². The number of hydrogen-bond acceptors (Lipinski definition) is 6. The van der Waals surface area contributed by atoms with Gasteiger partial charge in [0.2, 0.25) is 0 Å². The van der Waals surface area contributed by atoms with E-state index in [0.29, 0.717) is 10.9 Å². The third-order valence-corrected chi connectivity index (χ3v) is 7.31. The van der Waals surface area contributed by atoms with Gasteiger partial charge >= 0.3 is 0 Å². The summed E-state index contributed by atoms with van der Waals surface area (Å²) in [5, 5.41) is 11.8. The molecule has 0 saturated carbocycles. The van der Waals surface area contributed by atoms with Crippen LogP contribution < -0.4 is 10.3 Å². The Morgan fingerprint density at radius 2 is 2.04 bits per heavy atom. The number of thioether (sulfide) groups is 1. The van der Waals surface area contributed by atoms with Crippen LogP contribution in [0.2, 0.25) is 0 Å². The van der Waals surface area contributed by atoms with Crippen LogP contribution in [0.1, 0.15) is 28.0 Å². The number of hydrogen-bond donors (Lipinski definition) is 1. The Morgan fingerprint density at radius 3 is 2.79 bits per heavy atom. The largest absolute Gasteiger partial charge is 0.491 e. The molecule has 0 bridgehead atoms. The molecule has 28 heavy (non-hydrogen) atoms. The van der Waals surface area contributed by atoms with Crippen LogP contribution in [0.3, 0.4) is 0 Å². The third kappa shape index (κ3) is 3.83. The van der Waals surface area contributed by atoms with E-state index >= 15 is 0 Å². The topological polar surface area (TPSA) is 64.3 Å². The molecule has 7 heteroatoms. The van der Waals surface area contributed by atoms with Crippen molar-refractivity contribution in [3.63, 3.8) is 0 Å². The zero-order chi connectivity index (χ0) is 19.8. The molecule has 3 aromatic rings. The number of nitrogens with zero attached hydrogens (tertiary/aromatic N) is 2. The molecule has 1 aliphatic rings. The Bertz CT molecular complexity index is 1070. The van der Waals surface area contributed by atoms with Crippen molar-refractivity contribution in [2.24, 2.45) is 7.05 Å². The summed E-state index contributed by atoms with van der Waals surface area (Å²) in [4.78, 5) is 19.7. The molecule has 0 saturated heterocycles. The molecular formula is C21H24N2O3S2. The number of ether oxygens (including phenoxy) is 1. The molecule has 2 aromatic heterocycles. The van der Waals surface area contributed by atoms with E-state index in [1.165, 1.54) is 22.2 Å². The predicted octanol–water partition coefficient (Wildman–Crippen LogP) is 3.63. The lowest BCUT2D eigenvalue weighted by Gasteiger charge is -2.14. The molecule has 1 atom stereocenters. The Labute approximate surface area is 172 Å². The third-order valence-electron chi connectivity index (χ3n) is 4.95. The minimum atomic E-state index is -0.647. The van der Waals surface area contributed by atoms with Crippen LogP contribution in [0.5, 0.6) is 5.75 Å². The highest BCUT2D eigenvalue weighted by Gasteiger charge is 2.22. The Kier molecular flexibility index (Phi) is 5.49. The fourth-order valence-electron chi connectivity index (χ4n) is 3.66. The van der Waals surface area contributed by atoms with Crippen molar-refractivity contribution in [1.82, 2.24) is 9.55 Å². The van der Waals surface area contributed by atoms with Gasteiger partial charge in [0.15, 0.2) is 5.16 Å². The van der Waals surface area contributed by atoms with Gasteiger partial charge in [-0.1, -0.05) is 17.8 Å². The molecule has 0 spiro atoms. The number of fused-ring (bicyclic) bond motifs is 3. The Hall–Kier alpha value is -1.83. The lowest BCUT2D eigenvalue weighted by molar-refractivity contribution is 0.126. The van der Waals surface area contributed by atoms with Crippen molar-refractivity contribution in [1.29, 1.82) is 0 Å². The van der Waals surface area contributed by atoms with Gasteiger partial charge in [-0.2, -0.15) is 0 Å². The summed E-state index contributed by atoms with van der Waals surface area (Å²) in [6.07, 6.45) is 2.51. The van der Waals surface area contributed by atoms with Crippen LogP contribution in [0.25, 0.3) is 10.2 Å². The molecule has 0 fully saturated rings. The average Bonchev–Trinajstić information content (AvgIpc) is 3.21. The SMILES string of the molecule is Cc1cc(C)cc(OC[C@H](O)CSc2nc3sc4c(c3c(=O)n2C)CCC4)c1. The van der Waals surface area contributed by atoms with Gasteiger partial charge in [-0.05, 0) is 61.9 Å². The summed E-state index contributed by atoms with van der Waals surface area (Å²) >= 11 is 3.04. The van der Waals surface area contributed by atoms with Crippen LogP contribution in [0.15, 0.2) is 28.2 Å². The van der Waals surface area contributed by atoms with Gasteiger partial charge < -0.3 is 9.84 Å². The van der Waals surface area contributed by atoms with E-state index in [0.717, 1.165) is 46.4 Å². The molecule has 0 unspecified atom stereocenters. The summed E-state index contributed by atoms with van der Waals surface area (Å²) in [7, 11) is 1.76. The second-order valence-corrected chi connectivity index (χ2v) is 9.47. The van der Waals surface area contributed by atoms with Crippen molar-refractivity contribution in [3.8, 4) is 5.75 Å². The van der Waals surface area contributed by atoms with E-state index < -0.39 is 6.10 Å². The summed E-state index contributed by atoms with van der Waals surface area (Å²) in [5.74, 6) is 1.18. The van der Waals surface area contributed by atoms with Crippen LogP contribution in [-0.2, 0) is 19.9 Å². The highest BCUT2D eigenvalue weighted by molar-refractivity contribution is 7.99. The van der Waals surface area contributed by atoms with Gasteiger partial charge in [-0.25, -0.2) is 4.98 Å². The molecular weight excluding hydrogens is 392 g/mol. The first-order valence-electron chi connectivity index (χ1n) is 9.45. The van der Waals surface area contributed by atoms with Crippen LogP contribution in [-0.4, -0.2) is 33.1 Å². The fourth-order valence-corrected chi connectivity index (χ4v) is 5.84. The van der Waals surface area contributed by atoms with Crippen molar-refractivity contribution >= 4 is 33.3 Å². The Balaban J connectivity index is 1.43. The fraction of sp³-hybridized carbons (Fsp3) is 0.429. The predicted molar refractivity (Wildman–Crippen MR) is 115 cm³/mol. The van der Waals surface area contributed by atoms with E-state index in [-0.39, 0.29) is 12.2 Å². The molecule has 0 radical (unpaired) electrons. The summed E-state index contributed by atoms with van der Waals surface area (Å²) in [6.45, 7) is 4.25. The second kappa shape index (κ2) is 7.89. The number of aliphatic hydroxyl groups is 1. The molecule has 0 amide bonds. The van der Waals surface area contributed by atoms with E-state index in [2.05, 4.69) is 6.07 Å². The monoisotopic (exact) mass is 416 g/mol. The van der Waals surface area contributed by atoms with E-state index in [9.17, 15) is 9.90 Å². The van der Waals surface area contributed by atoms with Crippen LogP contribution in [0, 0.1) is 13.8 Å². The van der Waals surface area contributed by atoms with Gasteiger partial charge in [0.25, 0.3) is 5.56 Å². The lowest BCUT2D eigenvalue weighted by atomic mass is 10.1. The molecule has 1 N–H and O–H groups in total. The maximum atomic E-state index is 12.8. The number of rotatable bonds is 6. The normalized spacial score (nSPS) is 14.4. The van der Waals surface area contributed by atoms with Crippen molar-refractivity contribution in [2.75, 3.05) is 12.4 Å². The number of aliphatic hydroxyl groups excluding tert-OH is 1. The minimum Gasteiger partial charge on any atom is -0.491 e. The maximum Gasteiger partial charge on any atom is 0.262 e. The zero-order valence-electron chi connectivity index (χ0n) is 16.3. The molecule has 1 aromatic carbocycles. The molecule has 4 rings (SSSR count). The number of benzene rings is 1. The summed E-state index contributed by atoms with van der Waals surface area (Å²) < 4.78 is 7.34. The molecule has 0 aliphatic heterocycles. The standard InChI is InChI=1S/C21H24N2O3S2/c1-12-7-13(2)9-15(8-12)26-10-14(24)11-27-21-22-19-18(20(25)23(21)3)16-5-4-6-17(16)28-19/h7-9,14,24H,4-6,10-11H2,1-3H3/t14-/m0/s1. The Morgan fingerprint density at radius 1 is 1.29 bits per heavy atom. The first-order valence-corrected chi connectivity index (χ1v) is 11.3. The summed E-state index contributed by atoms with van der Waals surface area (Å²) in [6, 6.07) is 6.01. The molecule has 2 heterocycles. The first-order chi connectivity index (χ1) is 13.4. The van der Waals surface area contributed by atoms with E-state index in [4.69, 9.17) is 9.72 Å².